The molecule has 0 aliphatic carbocycles. The molecule has 0 unspecified atom stereocenters. The van der Waals surface area contributed by atoms with Crippen LogP contribution in [0, 0.1) is 0 Å². The van der Waals surface area contributed by atoms with Crippen molar-refractivity contribution in [3.63, 3.8) is 0 Å². The summed E-state index contributed by atoms with van der Waals surface area (Å²) in [5, 5.41) is 9.68. The van der Waals surface area contributed by atoms with Crippen LogP contribution in [-0.4, -0.2) is 58.2 Å². The molecule has 1 amide bonds. The smallest absolute Gasteiger partial charge is 0.258 e. The molecule has 10 heteroatoms. The first-order chi connectivity index (χ1) is 15.1. The van der Waals surface area contributed by atoms with Crippen molar-refractivity contribution in [3.8, 4) is 5.75 Å². The fraction of sp³-hybridized carbons (Fsp3) is 0.429. The van der Waals surface area contributed by atoms with Crippen LogP contribution in [-0.2, 0) is 11.3 Å². The Hall–Kier alpha value is -2.52. The number of nitrogens with zero attached hydrogens (tertiary/aromatic N) is 5. The van der Waals surface area contributed by atoms with Crippen molar-refractivity contribution >= 4 is 46.1 Å². The van der Waals surface area contributed by atoms with Gasteiger partial charge < -0.3 is 15.0 Å². The van der Waals surface area contributed by atoms with Crippen molar-refractivity contribution < 1.29 is 9.53 Å². The van der Waals surface area contributed by atoms with Crippen LogP contribution in [0.15, 0.2) is 35.6 Å². The third-order valence-corrected chi connectivity index (χ3v) is 5.92. The minimum atomic E-state index is -0.195. The number of piperidine rings is 1. The Bertz CT molecular complexity index is 1040. The number of thioether (sulfide) groups is 1. The van der Waals surface area contributed by atoms with E-state index in [9.17, 15) is 4.79 Å². The first-order valence-corrected chi connectivity index (χ1v) is 11.9. The molecular weight excluding hydrogens is 436 g/mol. The summed E-state index contributed by atoms with van der Waals surface area (Å²) >= 11 is 7.37. The predicted molar refractivity (Wildman–Crippen MR) is 123 cm³/mol. The summed E-state index contributed by atoms with van der Waals surface area (Å²) in [6.07, 6.45) is 7.43. The molecule has 2 aromatic heterocycles. The highest BCUT2D eigenvalue weighted by Crippen LogP contribution is 2.28. The number of hydrogen-bond donors (Lipinski definition) is 1. The average molecular weight is 461 g/mol. The lowest BCUT2D eigenvalue weighted by Crippen LogP contribution is -2.32. The van der Waals surface area contributed by atoms with Crippen molar-refractivity contribution in [2.24, 2.45) is 0 Å². The Labute approximate surface area is 190 Å². The van der Waals surface area contributed by atoms with Gasteiger partial charge in [-0.2, -0.15) is 5.10 Å². The number of aromatic nitrogens is 4. The summed E-state index contributed by atoms with van der Waals surface area (Å²) < 4.78 is 7.30. The third-order valence-electron chi connectivity index (χ3n) is 5.12. The number of amides is 1. The molecule has 31 heavy (non-hydrogen) atoms. The van der Waals surface area contributed by atoms with Gasteiger partial charge in [0.15, 0.2) is 17.4 Å². The van der Waals surface area contributed by atoms with Crippen LogP contribution in [0.4, 0.5) is 5.82 Å². The number of carbonyl (C=O) groups excluding carboxylic acids is 1. The maximum Gasteiger partial charge on any atom is 0.258 e. The molecule has 0 radical (unpaired) electrons. The lowest BCUT2D eigenvalue weighted by molar-refractivity contribution is -0.123. The molecule has 1 aromatic carbocycles. The standard InChI is InChI=1S/C21H25ClN6O2S/c1-31-21-25-19(27-10-3-2-4-11-27)17-13-24-28(20(17)26-21)12-9-23-18(29)14-30-16-7-5-15(22)6-8-16/h5-8,13H,2-4,9-12,14H2,1H3,(H,23,29). The largest absolute Gasteiger partial charge is 0.484 e. The molecule has 1 aliphatic heterocycles. The topological polar surface area (TPSA) is 85.2 Å². The van der Waals surface area contributed by atoms with Crippen molar-refractivity contribution in [1.29, 1.82) is 0 Å². The Morgan fingerprint density at radius 1 is 1.19 bits per heavy atom. The van der Waals surface area contributed by atoms with E-state index in [0.717, 1.165) is 35.1 Å². The molecular formula is C21H25ClN6O2S. The SMILES string of the molecule is CSc1nc(N2CCCCC2)c2cnn(CCNC(=O)COc3ccc(Cl)cc3)c2n1. The maximum absolute atomic E-state index is 12.1. The van der Waals surface area contributed by atoms with E-state index in [1.165, 1.54) is 31.0 Å². The van der Waals surface area contributed by atoms with Gasteiger partial charge in [0.05, 0.1) is 18.1 Å². The molecule has 1 saturated heterocycles. The van der Waals surface area contributed by atoms with Gasteiger partial charge in [0.1, 0.15) is 11.6 Å². The van der Waals surface area contributed by atoms with E-state index in [2.05, 4.69) is 20.3 Å². The quantitative estimate of drug-likeness (QED) is 0.407. The lowest BCUT2D eigenvalue weighted by Gasteiger charge is -2.28. The van der Waals surface area contributed by atoms with E-state index in [-0.39, 0.29) is 12.5 Å². The first-order valence-electron chi connectivity index (χ1n) is 10.3. The van der Waals surface area contributed by atoms with Crippen molar-refractivity contribution in [3.05, 3.63) is 35.5 Å². The van der Waals surface area contributed by atoms with E-state index in [4.69, 9.17) is 21.3 Å². The summed E-state index contributed by atoms with van der Waals surface area (Å²) in [6, 6.07) is 6.91. The zero-order valence-corrected chi connectivity index (χ0v) is 19.0. The summed E-state index contributed by atoms with van der Waals surface area (Å²) in [6.45, 7) is 2.90. The van der Waals surface area contributed by atoms with Crippen molar-refractivity contribution in [2.45, 2.75) is 31.0 Å². The molecule has 3 heterocycles. The van der Waals surface area contributed by atoms with E-state index in [0.29, 0.717) is 23.9 Å². The zero-order chi connectivity index (χ0) is 21.6. The third kappa shape index (κ3) is 5.40. The van der Waals surface area contributed by atoms with Crippen LogP contribution in [0.5, 0.6) is 5.75 Å². The number of carbonyl (C=O) groups is 1. The minimum Gasteiger partial charge on any atom is -0.484 e. The summed E-state index contributed by atoms with van der Waals surface area (Å²) in [4.78, 5) is 23.9. The number of halogens is 1. The van der Waals surface area contributed by atoms with Gasteiger partial charge in [-0.1, -0.05) is 23.4 Å². The number of hydrogen-bond acceptors (Lipinski definition) is 7. The molecule has 0 atom stereocenters. The minimum absolute atomic E-state index is 0.0562. The Morgan fingerprint density at radius 3 is 2.71 bits per heavy atom. The van der Waals surface area contributed by atoms with Crippen LogP contribution >= 0.6 is 23.4 Å². The van der Waals surface area contributed by atoms with Gasteiger partial charge in [-0.25, -0.2) is 14.6 Å². The number of ether oxygens (including phenoxy) is 1. The molecule has 1 aliphatic rings. The van der Waals surface area contributed by atoms with Crippen LogP contribution in [0.1, 0.15) is 19.3 Å². The zero-order valence-electron chi connectivity index (χ0n) is 17.4. The van der Waals surface area contributed by atoms with Gasteiger partial charge in [0.2, 0.25) is 0 Å². The van der Waals surface area contributed by atoms with Gasteiger partial charge >= 0.3 is 0 Å². The van der Waals surface area contributed by atoms with Crippen LogP contribution in [0.2, 0.25) is 5.02 Å². The first kappa shape index (κ1) is 21.7. The second-order valence-corrected chi connectivity index (χ2v) is 8.49. The molecule has 8 nitrogen and oxygen atoms in total. The van der Waals surface area contributed by atoms with Crippen LogP contribution in [0.25, 0.3) is 11.0 Å². The fourth-order valence-corrected chi connectivity index (χ4v) is 4.04. The number of rotatable bonds is 8. The van der Waals surface area contributed by atoms with Gasteiger partial charge in [0, 0.05) is 24.7 Å². The second-order valence-electron chi connectivity index (χ2n) is 7.28. The summed E-state index contributed by atoms with van der Waals surface area (Å²) in [7, 11) is 0. The predicted octanol–water partition coefficient (Wildman–Crippen LogP) is 3.39. The van der Waals surface area contributed by atoms with E-state index >= 15 is 0 Å². The normalized spacial score (nSPS) is 14.1. The van der Waals surface area contributed by atoms with E-state index in [1.807, 2.05) is 17.1 Å². The molecule has 1 fully saturated rings. The van der Waals surface area contributed by atoms with E-state index < -0.39 is 0 Å². The highest BCUT2D eigenvalue weighted by atomic mass is 35.5. The van der Waals surface area contributed by atoms with E-state index in [1.54, 1.807) is 24.3 Å². The number of fused-ring (bicyclic) bond motifs is 1. The fourth-order valence-electron chi connectivity index (χ4n) is 3.55. The highest BCUT2D eigenvalue weighted by molar-refractivity contribution is 7.98. The van der Waals surface area contributed by atoms with Gasteiger partial charge in [0.25, 0.3) is 5.91 Å². The average Bonchev–Trinajstić information content (AvgIpc) is 3.21. The van der Waals surface area contributed by atoms with Crippen molar-refractivity contribution in [1.82, 2.24) is 25.1 Å². The van der Waals surface area contributed by atoms with Crippen LogP contribution < -0.4 is 15.0 Å². The van der Waals surface area contributed by atoms with Gasteiger partial charge in [-0.15, -0.1) is 0 Å². The number of benzene rings is 1. The maximum atomic E-state index is 12.1. The number of nitrogens with one attached hydrogen (secondary N) is 1. The Kier molecular flexibility index (Phi) is 7.14. The Balaban J connectivity index is 1.38. The van der Waals surface area contributed by atoms with Crippen molar-refractivity contribution in [2.75, 3.05) is 37.4 Å². The summed E-state index contributed by atoms with van der Waals surface area (Å²) in [5.74, 6) is 1.37. The highest BCUT2D eigenvalue weighted by Gasteiger charge is 2.19. The summed E-state index contributed by atoms with van der Waals surface area (Å²) in [5.41, 5.74) is 0.798. The molecule has 164 valence electrons. The van der Waals surface area contributed by atoms with Crippen LogP contribution in [0.3, 0.4) is 0 Å². The molecule has 0 saturated carbocycles. The molecule has 1 N–H and O–H groups in total. The molecule has 3 aromatic rings. The van der Waals surface area contributed by atoms with Gasteiger partial charge in [-0.05, 0) is 49.8 Å². The lowest BCUT2D eigenvalue weighted by atomic mass is 10.1. The molecule has 0 bridgehead atoms. The molecule has 0 spiro atoms. The number of anilines is 1. The molecule has 4 rings (SSSR count). The van der Waals surface area contributed by atoms with Gasteiger partial charge in [-0.3, -0.25) is 4.79 Å². The monoisotopic (exact) mass is 460 g/mol. The second kappa shape index (κ2) is 10.2. The Morgan fingerprint density at radius 2 is 1.97 bits per heavy atom.